The molecule has 6 unspecified atom stereocenters. The average molecular weight is 833 g/mol. The molecule has 3 saturated carbocycles. The third kappa shape index (κ3) is 8.23. The van der Waals surface area contributed by atoms with Crippen molar-refractivity contribution in [1.82, 2.24) is 0 Å². The molecule has 6 atom stereocenters. The third-order valence-corrected chi connectivity index (χ3v) is 12.2. The lowest BCUT2D eigenvalue weighted by molar-refractivity contribution is -0.291. The van der Waals surface area contributed by atoms with Crippen molar-refractivity contribution >= 4 is 35.8 Å². The number of hydrogen-bond acceptors (Lipinski definition) is 16. The molecule has 16 heteroatoms. The minimum absolute atomic E-state index is 0.0999. The van der Waals surface area contributed by atoms with Crippen LogP contribution in [0.2, 0.25) is 0 Å². The van der Waals surface area contributed by atoms with Crippen molar-refractivity contribution in [1.29, 1.82) is 0 Å². The van der Waals surface area contributed by atoms with Gasteiger partial charge in [0.1, 0.15) is 22.3 Å². The van der Waals surface area contributed by atoms with Gasteiger partial charge in [0, 0.05) is 50.4 Å². The van der Waals surface area contributed by atoms with Crippen LogP contribution in [0.5, 0.6) is 0 Å². The van der Waals surface area contributed by atoms with Crippen molar-refractivity contribution in [2.75, 3.05) is 0 Å². The van der Waals surface area contributed by atoms with Crippen LogP contribution in [0, 0.1) is 23.7 Å². The standard InChI is InChI=1S/C44H48O16/c1-25-15-17-27(3)43(23-25)57-37(49)31(38(50)58-43)13-9-5-7-11-29-33(45)53-41(54-34(29)46)19-21-42(22-20-41)55-35(47)30(36(48)56-42)12-8-6-10-14-32-39(51)59-44(60-40(32)52)24-26(2)16-18-28(44)4/h5-14,25-28,49,51H,15-24H2,1-4H3/b7-5+,8-6+,13-9+,14-10+,29-11?,30-12?. The fourth-order valence-corrected chi connectivity index (χ4v) is 8.54. The molecule has 0 radical (unpaired) electrons. The van der Waals surface area contributed by atoms with Crippen molar-refractivity contribution < 1.29 is 76.9 Å². The fourth-order valence-electron chi connectivity index (χ4n) is 8.54. The molecule has 3 aliphatic carbocycles. The Morgan fingerprint density at radius 2 is 0.800 bits per heavy atom. The number of carbonyl (C=O) groups excluding carboxylic acids is 6. The molecule has 0 amide bonds. The van der Waals surface area contributed by atoms with E-state index in [0.29, 0.717) is 12.8 Å². The van der Waals surface area contributed by atoms with E-state index in [9.17, 15) is 39.0 Å². The van der Waals surface area contributed by atoms with Gasteiger partial charge in [0.25, 0.3) is 35.0 Å². The molecule has 320 valence electrons. The molecule has 60 heavy (non-hydrogen) atoms. The molecule has 7 aliphatic rings. The number of carbonyl (C=O) groups is 6. The highest BCUT2D eigenvalue weighted by Gasteiger charge is 2.57. The van der Waals surface area contributed by atoms with Crippen LogP contribution in [0.1, 0.15) is 91.9 Å². The minimum atomic E-state index is -1.67. The molecule has 0 aromatic rings. The van der Waals surface area contributed by atoms with Gasteiger partial charge in [-0.2, -0.15) is 0 Å². The zero-order valence-corrected chi connectivity index (χ0v) is 33.8. The Hall–Kier alpha value is -6.06. The Labute approximate surface area is 345 Å². The number of aliphatic hydroxyl groups is 2. The van der Waals surface area contributed by atoms with Gasteiger partial charge >= 0.3 is 35.8 Å². The van der Waals surface area contributed by atoms with Gasteiger partial charge in [-0.25, -0.2) is 28.8 Å². The van der Waals surface area contributed by atoms with Crippen LogP contribution in [0.3, 0.4) is 0 Å². The molecular weight excluding hydrogens is 784 g/mol. The SMILES string of the molecule is CC1CCC(C)C2(C1)OC(=O)C(/C=C/C=C/C=C1C(=O)OC3(CCC4(CC3)OC(=O)C(=C/C=C/C=C/C3=C(O)OC5(CC(C)CCC5C)OC3=O)C(=O)O4)OC1=O)=C(O)O2. The molecule has 2 saturated heterocycles. The first-order valence-electron chi connectivity index (χ1n) is 20.2. The number of ether oxygens (including phenoxy) is 8. The monoisotopic (exact) mass is 832 g/mol. The maximum atomic E-state index is 12.9. The second kappa shape index (κ2) is 16.2. The maximum Gasteiger partial charge on any atom is 0.348 e. The summed E-state index contributed by atoms with van der Waals surface area (Å²) in [7, 11) is 0. The third-order valence-electron chi connectivity index (χ3n) is 12.2. The molecule has 0 aromatic carbocycles. The summed E-state index contributed by atoms with van der Waals surface area (Å²) in [6, 6.07) is 0. The molecule has 4 spiro atoms. The lowest BCUT2D eigenvalue weighted by atomic mass is 9.78. The Balaban J connectivity index is 0.904. The summed E-state index contributed by atoms with van der Waals surface area (Å²) in [5, 5.41) is 21.1. The Kier molecular flexibility index (Phi) is 11.3. The first kappa shape index (κ1) is 42.1. The summed E-state index contributed by atoms with van der Waals surface area (Å²) in [6.07, 6.45) is 17.1. The zero-order chi connectivity index (χ0) is 43.0. The molecule has 5 fully saturated rings. The number of aliphatic hydroxyl groups excluding tert-OH is 2. The van der Waals surface area contributed by atoms with Gasteiger partial charge in [-0.3, -0.25) is 0 Å². The Bertz CT molecular complexity index is 1910. The summed E-state index contributed by atoms with van der Waals surface area (Å²) in [5.41, 5.74) is -1.17. The van der Waals surface area contributed by atoms with E-state index in [1.54, 1.807) is 0 Å². The van der Waals surface area contributed by atoms with Gasteiger partial charge in [0.15, 0.2) is 0 Å². The summed E-state index contributed by atoms with van der Waals surface area (Å²) < 4.78 is 45.0. The van der Waals surface area contributed by atoms with Gasteiger partial charge in [0.05, 0.1) is 0 Å². The predicted octanol–water partition coefficient (Wildman–Crippen LogP) is 6.22. The number of rotatable bonds is 6. The van der Waals surface area contributed by atoms with E-state index in [0.717, 1.165) is 25.7 Å². The lowest BCUT2D eigenvalue weighted by Gasteiger charge is -2.45. The molecule has 16 nitrogen and oxygen atoms in total. The fraction of sp³-hybridized carbons (Fsp3) is 0.500. The number of hydrogen-bond donors (Lipinski definition) is 2. The molecule has 7 rings (SSSR count). The summed E-state index contributed by atoms with van der Waals surface area (Å²) >= 11 is 0. The normalized spacial score (nSPS) is 36.2. The molecule has 0 aromatic heterocycles. The number of esters is 6. The minimum Gasteiger partial charge on any atom is -0.480 e. The van der Waals surface area contributed by atoms with Crippen molar-refractivity contribution in [2.45, 2.75) is 115 Å². The quantitative estimate of drug-likeness (QED) is 0.0998. The Morgan fingerprint density at radius 3 is 1.13 bits per heavy atom. The smallest absolute Gasteiger partial charge is 0.348 e. The van der Waals surface area contributed by atoms with Crippen LogP contribution in [0.25, 0.3) is 0 Å². The van der Waals surface area contributed by atoms with E-state index < -0.39 is 82.0 Å². The van der Waals surface area contributed by atoms with Crippen LogP contribution in [0.4, 0.5) is 0 Å². The van der Waals surface area contributed by atoms with Crippen LogP contribution in [0.15, 0.2) is 94.9 Å². The van der Waals surface area contributed by atoms with Crippen molar-refractivity contribution in [3.8, 4) is 0 Å². The van der Waals surface area contributed by atoms with Gasteiger partial charge in [-0.1, -0.05) is 64.2 Å². The van der Waals surface area contributed by atoms with E-state index in [1.807, 2.05) is 27.7 Å². The zero-order valence-electron chi connectivity index (χ0n) is 33.8. The molecule has 2 N–H and O–H groups in total. The molecular formula is C44H48O16. The molecule has 4 aliphatic heterocycles. The first-order valence-corrected chi connectivity index (χ1v) is 20.2. The van der Waals surface area contributed by atoms with Crippen molar-refractivity contribution in [3.63, 3.8) is 0 Å². The van der Waals surface area contributed by atoms with Gasteiger partial charge in [-0.05, 0) is 61.8 Å². The van der Waals surface area contributed by atoms with E-state index in [-0.39, 0.29) is 60.5 Å². The van der Waals surface area contributed by atoms with Crippen LogP contribution < -0.4 is 0 Å². The topological polar surface area (TPSA) is 217 Å². The summed E-state index contributed by atoms with van der Waals surface area (Å²) in [4.78, 5) is 77.3. The summed E-state index contributed by atoms with van der Waals surface area (Å²) in [6.45, 7) is 7.87. The van der Waals surface area contributed by atoms with E-state index >= 15 is 0 Å². The highest BCUT2D eigenvalue weighted by atomic mass is 16.8. The van der Waals surface area contributed by atoms with Gasteiger partial charge in [-0.15, -0.1) is 0 Å². The van der Waals surface area contributed by atoms with Gasteiger partial charge in [0.2, 0.25) is 0 Å². The highest BCUT2D eigenvalue weighted by molar-refractivity contribution is 6.16. The summed E-state index contributed by atoms with van der Waals surface area (Å²) in [5.74, 6) is -11.8. The van der Waals surface area contributed by atoms with E-state index in [1.165, 1.54) is 60.8 Å². The second-order valence-corrected chi connectivity index (χ2v) is 16.6. The molecule has 4 heterocycles. The first-order chi connectivity index (χ1) is 28.5. The number of allylic oxidation sites excluding steroid dienone is 8. The van der Waals surface area contributed by atoms with Crippen molar-refractivity contribution in [3.05, 3.63) is 94.9 Å². The lowest BCUT2D eigenvalue weighted by Crippen LogP contribution is -2.56. The Morgan fingerprint density at radius 1 is 0.450 bits per heavy atom. The van der Waals surface area contributed by atoms with Crippen LogP contribution in [-0.4, -0.2) is 69.2 Å². The van der Waals surface area contributed by atoms with E-state index in [4.69, 9.17) is 37.9 Å². The molecule has 0 bridgehead atoms. The van der Waals surface area contributed by atoms with Gasteiger partial charge < -0.3 is 48.1 Å². The average Bonchev–Trinajstić information content (AvgIpc) is 3.16. The largest absolute Gasteiger partial charge is 0.480 e. The predicted molar refractivity (Wildman–Crippen MR) is 205 cm³/mol. The van der Waals surface area contributed by atoms with E-state index in [2.05, 4.69) is 0 Å². The van der Waals surface area contributed by atoms with Crippen LogP contribution in [-0.2, 0) is 66.7 Å². The van der Waals surface area contributed by atoms with Crippen LogP contribution >= 0.6 is 0 Å². The maximum absolute atomic E-state index is 12.9. The highest BCUT2D eigenvalue weighted by Crippen LogP contribution is 2.47. The second-order valence-electron chi connectivity index (χ2n) is 16.6. The van der Waals surface area contributed by atoms with Crippen molar-refractivity contribution in [2.24, 2.45) is 23.7 Å².